The maximum Gasteiger partial charge on any atom is 0.344 e. The molecule has 8 heteroatoms. The number of hydrogen-bond donors (Lipinski definition) is 2. The summed E-state index contributed by atoms with van der Waals surface area (Å²) in [4.78, 5) is 13.6. The fourth-order valence-electron chi connectivity index (χ4n) is 4.05. The first kappa shape index (κ1) is 29.5. The third-order valence-corrected chi connectivity index (χ3v) is 6.25. The van der Waals surface area contributed by atoms with Gasteiger partial charge in [0.15, 0.2) is 6.61 Å². The standard InChI is InChI=1S/C30H36ClNO6/c1-3-36-30(35)21-38-28-14-12-23(13-15-28)16-22(2)32(19-29(34)24-8-7-9-25(31)17-24)18-26(33)20-37-27-10-5-4-6-11-27/h4-15,17,22,26,29,33-34H,3,16,18-21H2,1-2H3/t22-,26+,29+/m1/s1. The van der Waals surface area contributed by atoms with E-state index < -0.39 is 18.2 Å². The zero-order valence-electron chi connectivity index (χ0n) is 21.8. The van der Waals surface area contributed by atoms with Crippen molar-refractivity contribution >= 4 is 17.6 Å². The number of para-hydroxylation sites is 1. The lowest BCUT2D eigenvalue weighted by molar-refractivity contribution is -0.145. The highest BCUT2D eigenvalue weighted by atomic mass is 35.5. The maximum absolute atomic E-state index is 11.5. The van der Waals surface area contributed by atoms with Crippen LogP contribution in [-0.4, -0.2) is 66.1 Å². The monoisotopic (exact) mass is 541 g/mol. The number of ether oxygens (including phenoxy) is 3. The van der Waals surface area contributed by atoms with Gasteiger partial charge < -0.3 is 24.4 Å². The predicted octanol–water partition coefficient (Wildman–Crippen LogP) is 4.69. The van der Waals surface area contributed by atoms with Gasteiger partial charge in [-0.1, -0.05) is 54.1 Å². The minimum absolute atomic E-state index is 0.0125. The molecule has 0 aliphatic carbocycles. The largest absolute Gasteiger partial charge is 0.491 e. The SMILES string of the molecule is CCOC(=O)COc1ccc(C[C@@H](C)N(C[C@H](O)COc2ccccc2)C[C@H](O)c2cccc(Cl)c2)cc1. The van der Waals surface area contributed by atoms with Crippen molar-refractivity contribution in [2.24, 2.45) is 0 Å². The number of carbonyl (C=O) groups excluding carboxylic acids is 1. The number of esters is 1. The van der Waals surface area contributed by atoms with Crippen molar-refractivity contribution in [1.29, 1.82) is 0 Å². The van der Waals surface area contributed by atoms with Gasteiger partial charge in [0.05, 0.1) is 12.7 Å². The molecule has 0 aromatic heterocycles. The molecule has 0 unspecified atom stereocenters. The van der Waals surface area contributed by atoms with Crippen molar-refractivity contribution in [3.8, 4) is 11.5 Å². The summed E-state index contributed by atoms with van der Waals surface area (Å²) in [7, 11) is 0. The number of rotatable bonds is 15. The van der Waals surface area contributed by atoms with Gasteiger partial charge in [0.1, 0.15) is 24.2 Å². The number of hydrogen-bond acceptors (Lipinski definition) is 7. The molecule has 3 aromatic carbocycles. The van der Waals surface area contributed by atoms with Crippen molar-refractivity contribution < 1.29 is 29.2 Å². The fraction of sp³-hybridized carbons (Fsp3) is 0.367. The summed E-state index contributed by atoms with van der Waals surface area (Å²) >= 11 is 6.13. The van der Waals surface area contributed by atoms with E-state index in [1.165, 1.54) is 0 Å². The van der Waals surface area contributed by atoms with E-state index in [2.05, 4.69) is 11.8 Å². The molecule has 7 nitrogen and oxygen atoms in total. The second kappa shape index (κ2) is 15.3. The average molecular weight is 542 g/mol. The molecule has 0 saturated carbocycles. The first-order valence-corrected chi connectivity index (χ1v) is 13.1. The van der Waals surface area contributed by atoms with Crippen molar-refractivity contribution in [2.75, 3.05) is 32.9 Å². The first-order chi connectivity index (χ1) is 18.3. The van der Waals surface area contributed by atoms with Crippen molar-refractivity contribution in [3.05, 3.63) is 95.0 Å². The van der Waals surface area contributed by atoms with Crippen LogP contribution in [0.25, 0.3) is 0 Å². The number of nitrogens with zero attached hydrogens (tertiary/aromatic N) is 1. The summed E-state index contributed by atoms with van der Waals surface area (Å²) in [5.74, 6) is 0.862. The fourth-order valence-corrected chi connectivity index (χ4v) is 4.24. The second-order valence-electron chi connectivity index (χ2n) is 9.09. The third-order valence-electron chi connectivity index (χ3n) is 6.01. The molecule has 3 aromatic rings. The van der Waals surface area contributed by atoms with E-state index in [4.69, 9.17) is 25.8 Å². The van der Waals surface area contributed by atoms with Crippen LogP contribution in [-0.2, 0) is 16.0 Å². The van der Waals surface area contributed by atoms with E-state index in [9.17, 15) is 15.0 Å². The Labute approximate surface area is 229 Å². The minimum atomic E-state index is -0.781. The van der Waals surface area contributed by atoms with Crippen LogP contribution >= 0.6 is 11.6 Å². The summed E-state index contributed by atoms with van der Waals surface area (Å²) in [5, 5.41) is 22.3. The van der Waals surface area contributed by atoms with Gasteiger partial charge in [-0.15, -0.1) is 0 Å². The molecule has 0 heterocycles. The quantitative estimate of drug-likeness (QED) is 0.270. The van der Waals surface area contributed by atoms with Crippen LogP contribution in [0, 0.1) is 0 Å². The van der Waals surface area contributed by atoms with Crippen molar-refractivity contribution in [3.63, 3.8) is 0 Å². The Morgan fingerprint density at radius 3 is 2.32 bits per heavy atom. The summed E-state index contributed by atoms with van der Waals surface area (Å²) in [5.41, 5.74) is 1.77. The van der Waals surface area contributed by atoms with Crippen LogP contribution < -0.4 is 9.47 Å². The first-order valence-electron chi connectivity index (χ1n) is 12.7. The molecule has 0 bridgehead atoms. The molecule has 3 atom stereocenters. The highest BCUT2D eigenvalue weighted by Gasteiger charge is 2.22. The minimum Gasteiger partial charge on any atom is -0.491 e. The zero-order valence-corrected chi connectivity index (χ0v) is 22.6. The van der Waals surface area contributed by atoms with Gasteiger partial charge in [-0.25, -0.2) is 4.79 Å². The van der Waals surface area contributed by atoms with Crippen LogP contribution in [0.3, 0.4) is 0 Å². The van der Waals surface area contributed by atoms with Gasteiger partial charge in [0.25, 0.3) is 0 Å². The summed E-state index contributed by atoms with van der Waals surface area (Å²) in [6.45, 7) is 4.74. The van der Waals surface area contributed by atoms with Gasteiger partial charge in [0.2, 0.25) is 0 Å². The van der Waals surface area contributed by atoms with E-state index in [0.717, 1.165) is 5.56 Å². The van der Waals surface area contributed by atoms with Gasteiger partial charge in [-0.3, -0.25) is 4.90 Å². The van der Waals surface area contributed by atoms with Crippen LogP contribution in [0.1, 0.15) is 31.1 Å². The molecule has 0 amide bonds. The molecule has 204 valence electrons. The molecule has 38 heavy (non-hydrogen) atoms. The number of carbonyl (C=O) groups is 1. The Kier molecular flexibility index (Phi) is 11.9. The Morgan fingerprint density at radius 1 is 0.921 bits per heavy atom. The van der Waals surface area contributed by atoms with E-state index in [0.29, 0.717) is 48.2 Å². The lowest BCUT2D eigenvalue weighted by Gasteiger charge is -2.33. The maximum atomic E-state index is 11.5. The number of halogens is 1. The zero-order chi connectivity index (χ0) is 27.3. The lowest BCUT2D eigenvalue weighted by Crippen LogP contribution is -2.44. The molecule has 0 aliphatic heterocycles. The Bertz CT molecular complexity index is 1110. The smallest absolute Gasteiger partial charge is 0.344 e. The highest BCUT2D eigenvalue weighted by molar-refractivity contribution is 6.30. The number of aliphatic hydroxyl groups is 2. The lowest BCUT2D eigenvalue weighted by atomic mass is 10.0. The van der Waals surface area contributed by atoms with Gasteiger partial charge >= 0.3 is 5.97 Å². The summed E-state index contributed by atoms with van der Waals surface area (Å²) in [6.07, 6.45) is -0.868. The summed E-state index contributed by atoms with van der Waals surface area (Å²) in [6, 6.07) is 24.0. The summed E-state index contributed by atoms with van der Waals surface area (Å²) < 4.78 is 16.1. The normalized spacial score (nSPS) is 13.5. The van der Waals surface area contributed by atoms with Crippen LogP contribution in [0.15, 0.2) is 78.9 Å². The van der Waals surface area contributed by atoms with Gasteiger partial charge in [0, 0.05) is 24.2 Å². The Balaban J connectivity index is 1.64. The van der Waals surface area contributed by atoms with E-state index >= 15 is 0 Å². The molecule has 0 saturated heterocycles. The molecule has 0 spiro atoms. The average Bonchev–Trinajstić information content (AvgIpc) is 2.92. The molecule has 0 fully saturated rings. The van der Waals surface area contributed by atoms with Crippen molar-refractivity contribution in [2.45, 2.75) is 38.5 Å². The van der Waals surface area contributed by atoms with E-state index in [-0.39, 0.29) is 19.3 Å². The van der Waals surface area contributed by atoms with Crippen LogP contribution in [0.5, 0.6) is 11.5 Å². The number of aliphatic hydroxyl groups excluding tert-OH is 2. The second-order valence-corrected chi connectivity index (χ2v) is 9.53. The molecular weight excluding hydrogens is 506 g/mol. The Morgan fingerprint density at radius 2 is 1.63 bits per heavy atom. The predicted molar refractivity (Wildman–Crippen MR) is 148 cm³/mol. The Hall–Kier alpha value is -3.10. The molecule has 0 radical (unpaired) electrons. The van der Waals surface area contributed by atoms with Gasteiger partial charge in [-0.05, 0) is 67.8 Å². The van der Waals surface area contributed by atoms with Crippen LogP contribution in [0.4, 0.5) is 0 Å². The number of benzene rings is 3. The van der Waals surface area contributed by atoms with Gasteiger partial charge in [-0.2, -0.15) is 0 Å². The topological polar surface area (TPSA) is 88.5 Å². The molecule has 2 N–H and O–H groups in total. The van der Waals surface area contributed by atoms with E-state index in [1.54, 1.807) is 19.1 Å². The third kappa shape index (κ3) is 9.99. The van der Waals surface area contributed by atoms with E-state index in [1.807, 2.05) is 66.7 Å². The molecular formula is C30H36ClNO6. The van der Waals surface area contributed by atoms with Crippen molar-refractivity contribution in [1.82, 2.24) is 4.90 Å². The molecule has 3 rings (SSSR count). The van der Waals surface area contributed by atoms with Crippen LogP contribution in [0.2, 0.25) is 5.02 Å². The highest BCUT2D eigenvalue weighted by Crippen LogP contribution is 2.22. The molecule has 0 aliphatic rings.